The molecule has 0 fully saturated rings. The number of aliphatic hydroxyl groups is 1. The largest absolute Gasteiger partial charge is 0.388 e. The zero-order valence-electron chi connectivity index (χ0n) is 14.8. The van der Waals surface area contributed by atoms with E-state index in [4.69, 9.17) is 11.6 Å². The van der Waals surface area contributed by atoms with Crippen LogP contribution in [0.2, 0.25) is 5.02 Å². The molecule has 6 nitrogen and oxygen atoms in total. The van der Waals surface area contributed by atoms with Gasteiger partial charge in [-0.25, -0.2) is 4.98 Å². The summed E-state index contributed by atoms with van der Waals surface area (Å²) in [7, 11) is 0. The van der Waals surface area contributed by atoms with Crippen molar-refractivity contribution >= 4 is 34.9 Å². The lowest BCUT2D eigenvalue weighted by Gasteiger charge is -2.11. The molecule has 1 heterocycles. The standard InChI is InChI=1S/C21H18ClN3O3/c22-16-8-6-14(7-9-16)18(26)12-20(27)24-17-10-11-19(23-13-17)25-21(28)15-4-2-1-3-5-15/h1-11,13,18,26H,12H2,(H,24,27)(H,23,25,28)/t18-/m1/s1. The minimum absolute atomic E-state index is 0.103. The van der Waals surface area contributed by atoms with Crippen molar-refractivity contribution in [3.63, 3.8) is 0 Å². The van der Waals surface area contributed by atoms with E-state index in [2.05, 4.69) is 15.6 Å². The monoisotopic (exact) mass is 395 g/mol. The van der Waals surface area contributed by atoms with Crippen molar-refractivity contribution in [1.29, 1.82) is 0 Å². The van der Waals surface area contributed by atoms with Gasteiger partial charge in [-0.2, -0.15) is 0 Å². The van der Waals surface area contributed by atoms with Gasteiger partial charge in [-0.1, -0.05) is 41.9 Å². The van der Waals surface area contributed by atoms with E-state index in [1.54, 1.807) is 60.7 Å². The number of nitrogens with one attached hydrogen (secondary N) is 2. The van der Waals surface area contributed by atoms with Gasteiger partial charge >= 0.3 is 0 Å². The second kappa shape index (κ2) is 9.12. The molecule has 0 saturated heterocycles. The Kier molecular flexibility index (Phi) is 6.37. The molecule has 7 heteroatoms. The van der Waals surface area contributed by atoms with Crippen LogP contribution in [0.5, 0.6) is 0 Å². The van der Waals surface area contributed by atoms with Crippen LogP contribution >= 0.6 is 11.6 Å². The molecule has 2 amide bonds. The summed E-state index contributed by atoms with van der Waals surface area (Å²) in [5, 5.41) is 16.1. The molecule has 3 N–H and O–H groups in total. The van der Waals surface area contributed by atoms with Crippen LogP contribution in [-0.2, 0) is 4.79 Å². The van der Waals surface area contributed by atoms with Gasteiger partial charge in [-0.05, 0) is 42.0 Å². The third-order valence-corrected chi connectivity index (χ3v) is 4.21. The molecule has 0 aliphatic rings. The number of hydrogen-bond donors (Lipinski definition) is 3. The number of nitrogens with zero attached hydrogens (tertiary/aromatic N) is 1. The van der Waals surface area contributed by atoms with Gasteiger partial charge in [0.2, 0.25) is 5.91 Å². The molecule has 0 radical (unpaired) electrons. The van der Waals surface area contributed by atoms with Crippen molar-refractivity contribution < 1.29 is 14.7 Å². The van der Waals surface area contributed by atoms with Crippen LogP contribution in [0, 0.1) is 0 Å². The van der Waals surface area contributed by atoms with Gasteiger partial charge in [0.1, 0.15) is 5.82 Å². The first-order valence-electron chi connectivity index (χ1n) is 8.57. The van der Waals surface area contributed by atoms with E-state index in [0.29, 0.717) is 27.7 Å². The number of rotatable bonds is 6. The first-order valence-corrected chi connectivity index (χ1v) is 8.95. The number of halogens is 1. The lowest BCUT2D eigenvalue weighted by molar-refractivity contribution is -0.118. The number of hydrogen-bond acceptors (Lipinski definition) is 4. The summed E-state index contributed by atoms with van der Waals surface area (Å²) < 4.78 is 0. The number of anilines is 2. The summed E-state index contributed by atoms with van der Waals surface area (Å²) in [5.41, 5.74) is 1.60. The number of benzene rings is 2. The van der Waals surface area contributed by atoms with E-state index in [-0.39, 0.29) is 18.2 Å². The summed E-state index contributed by atoms with van der Waals surface area (Å²) in [5.74, 6) is -0.255. The predicted octanol–water partition coefficient (Wildman–Crippen LogP) is 4.05. The molecule has 0 spiro atoms. The van der Waals surface area contributed by atoms with E-state index < -0.39 is 6.10 Å². The predicted molar refractivity (Wildman–Crippen MR) is 108 cm³/mol. The fraction of sp³-hybridized carbons (Fsp3) is 0.0952. The number of carbonyl (C=O) groups is 2. The number of aliphatic hydroxyl groups excluding tert-OH is 1. The second-order valence-electron chi connectivity index (χ2n) is 6.07. The maximum absolute atomic E-state index is 12.1. The molecule has 28 heavy (non-hydrogen) atoms. The van der Waals surface area contributed by atoms with Gasteiger partial charge in [0, 0.05) is 10.6 Å². The average molecular weight is 396 g/mol. The Hall–Kier alpha value is -3.22. The van der Waals surface area contributed by atoms with Gasteiger partial charge in [0.15, 0.2) is 0 Å². The molecule has 1 aromatic heterocycles. The third kappa shape index (κ3) is 5.39. The van der Waals surface area contributed by atoms with Gasteiger partial charge in [0.05, 0.1) is 24.4 Å². The zero-order valence-corrected chi connectivity index (χ0v) is 15.6. The van der Waals surface area contributed by atoms with Crippen LogP contribution in [0.4, 0.5) is 11.5 Å². The minimum atomic E-state index is -0.936. The van der Waals surface area contributed by atoms with E-state index in [1.807, 2.05) is 6.07 Å². The molecular weight excluding hydrogens is 378 g/mol. The lowest BCUT2D eigenvalue weighted by atomic mass is 10.1. The van der Waals surface area contributed by atoms with Crippen LogP contribution in [0.3, 0.4) is 0 Å². The Morgan fingerprint density at radius 2 is 1.68 bits per heavy atom. The molecule has 2 aromatic carbocycles. The van der Waals surface area contributed by atoms with E-state index in [1.165, 1.54) is 6.20 Å². The molecule has 0 unspecified atom stereocenters. The number of carbonyl (C=O) groups excluding carboxylic acids is 2. The van der Waals surface area contributed by atoms with Crippen molar-refractivity contribution in [3.05, 3.63) is 89.1 Å². The normalized spacial score (nSPS) is 11.5. The van der Waals surface area contributed by atoms with Crippen LogP contribution in [-0.4, -0.2) is 21.9 Å². The quantitative estimate of drug-likeness (QED) is 0.587. The van der Waals surface area contributed by atoms with Crippen LogP contribution < -0.4 is 10.6 Å². The Bertz CT molecular complexity index is 945. The summed E-state index contributed by atoms with van der Waals surface area (Å²) in [6, 6.07) is 18.7. The van der Waals surface area contributed by atoms with Gasteiger partial charge in [0.25, 0.3) is 5.91 Å². The van der Waals surface area contributed by atoms with Gasteiger partial charge in [-0.3, -0.25) is 9.59 Å². The summed E-state index contributed by atoms with van der Waals surface area (Å²) in [6.07, 6.45) is 0.399. The maximum Gasteiger partial charge on any atom is 0.256 e. The molecule has 1 atom stereocenters. The van der Waals surface area contributed by atoms with Crippen LogP contribution in [0.15, 0.2) is 72.9 Å². The fourth-order valence-electron chi connectivity index (χ4n) is 2.51. The topological polar surface area (TPSA) is 91.3 Å². The SMILES string of the molecule is O=C(C[C@@H](O)c1ccc(Cl)cc1)Nc1ccc(NC(=O)c2ccccc2)nc1. The van der Waals surface area contributed by atoms with E-state index in [0.717, 1.165) is 0 Å². The van der Waals surface area contributed by atoms with Crippen molar-refractivity contribution in [1.82, 2.24) is 4.98 Å². The highest BCUT2D eigenvalue weighted by molar-refractivity contribution is 6.30. The third-order valence-electron chi connectivity index (χ3n) is 3.96. The summed E-state index contributed by atoms with van der Waals surface area (Å²) in [4.78, 5) is 28.3. The van der Waals surface area contributed by atoms with Crippen LogP contribution in [0.25, 0.3) is 0 Å². The number of aromatic nitrogens is 1. The smallest absolute Gasteiger partial charge is 0.256 e. The number of pyridine rings is 1. The summed E-state index contributed by atoms with van der Waals surface area (Å²) in [6.45, 7) is 0. The first-order chi connectivity index (χ1) is 13.5. The Labute approximate surface area is 167 Å². The highest BCUT2D eigenvalue weighted by Crippen LogP contribution is 2.20. The molecule has 0 saturated carbocycles. The Balaban J connectivity index is 1.54. The van der Waals surface area contributed by atoms with Gasteiger partial charge < -0.3 is 15.7 Å². The molecule has 142 valence electrons. The first kappa shape index (κ1) is 19.5. The van der Waals surface area contributed by atoms with Crippen molar-refractivity contribution in [2.45, 2.75) is 12.5 Å². The lowest BCUT2D eigenvalue weighted by Crippen LogP contribution is -2.16. The van der Waals surface area contributed by atoms with Crippen molar-refractivity contribution in [3.8, 4) is 0 Å². The van der Waals surface area contributed by atoms with Crippen molar-refractivity contribution in [2.75, 3.05) is 10.6 Å². The zero-order chi connectivity index (χ0) is 19.9. The molecule has 3 rings (SSSR count). The molecule has 3 aromatic rings. The Morgan fingerprint density at radius 1 is 0.964 bits per heavy atom. The van der Waals surface area contributed by atoms with Gasteiger partial charge in [-0.15, -0.1) is 0 Å². The van der Waals surface area contributed by atoms with E-state index in [9.17, 15) is 14.7 Å². The molecule has 0 aliphatic carbocycles. The highest BCUT2D eigenvalue weighted by atomic mass is 35.5. The van der Waals surface area contributed by atoms with E-state index >= 15 is 0 Å². The molecule has 0 aliphatic heterocycles. The maximum atomic E-state index is 12.1. The minimum Gasteiger partial charge on any atom is -0.388 e. The van der Waals surface area contributed by atoms with Crippen LogP contribution in [0.1, 0.15) is 28.4 Å². The number of amides is 2. The molecular formula is C21H18ClN3O3. The fourth-order valence-corrected chi connectivity index (χ4v) is 2.64. The molecule has 0 bridgehead atoms. The Morgan fingerprint density at radius 3 is 2.32 bits per heavy atom. The van der Waals surface area contributed by atoms with Crippen molar-refractivity contribution in [2.24, 2.45) is 0 Å². The highest BCUT2D eigenvalue weighted by Gasteiger charge is 2.13. The summed E-state index contributed by atoms with van der Waals surface area (Å²) >= 11 is 5.81. The average Bonchev–Trinajstić information content (AvgIpc) is 2.70. The second-order valence-corrected chi connectivity index (χ2v) is 6.51.